The van der Waals surface area contributed by atoms with Gasteiger partial charge in [0.05, 0.1) is 6.10 Å². The van der Waals surface area contributed by atoms with Gasteiger partial charge in [-0.3, -0.25) is 14.4 Å². The summed E-state index contributed by atoms with van der Waals surface area (Å²) in [5, 5.41) is 17.3. The molecule has 0 aliphatic heterocycles. The van der Waals surface area contributed by atoms with E-state index in [2.05, 4.69) is 10.6 Å². The lowest BCUT2D eigenvalue weighted by atomic mass is 10.0. The zero-order valence-electron chi connectivity index (χ0n) is 20.5. The molecular weight excluding hydrogens is 456 g/mol. The number of amides is 3. The summed E-state index contributed by atoms with van der Waals surface area (Å²) in [6, 6.07) is 22.5. The lowest BCUT2D eigenvalue weighted by Gasteiger charge is -2.23. The van der Waals surface area contributed by atoms with E-state index in [0.29, 0.717) is 6.54 Å². The van der Waals surface area contributed by atoms with Crippen LogP contribution in [0.4, 0.5) is 0 Å². The summed E-state index contributed by atoms with van der Waals surface area (Å²) in [5.74, 6) is -0.876. The number of nitrogens with one attached hydrogen (secondary N) is 2. The van der Waals surface area contributed by atoms with E-state index in [9.17, 15) is 19.5 Å². The molecule has 8 heteroatoms. The SMILES string of the molecule is CC(=O)N(CCC(=O)N[C@H](Cc1ccc2ccccc2c1)C(=O)NCC(O)CN)Cc1ccccc1. The maximum Gasteiger partial charge on any atom is 0.243 e. The average Bonchev–Trinajstić information content (AvgIpc) is 2.89. The zero-order chi connectivity index (χ0) is 25.9. The molecule has 0 saturated heterocycles. The molecule has 2 atom stereocenters. The van der Waals surface area contributed by atoms with E-state index in [0.717, 1.165) is 21.9 Å². The van der Waals surface area contributed by atoms with Crippen LogP contribution in [-0.4, -0.2) is 59.5 Å². The fourth-order valence-corrected chi connectivity index (χ4v) is 3.89. The van der Waals surface area contributed by atoms with Gasteiger partial charge < -0.3 is 26.4 Å². The number of rotatable bonds is 12. The Hall–Kier alpha value is -3.75. The van der Waals surface area contributed by atoms with Crippen LogP contribution in [-0.2, 0) is 27.3 Å². The Bertz CT molecular complexity index is 1170. The number of nitrogens with zero attached hydrogens (tertiary/aromatic N) is 1. The van der Waals surface area contributed by atoms with Crippen LogP contribution in [0.2, 0.25) is 0 Å². The molecule has 0 bridgehead atoms. The van der Waals surface area contributed by atoms with Crippen LogP contribution in [0.1, 0.15) is 24.5 Å². The molecule has 3 amide bonds. The summed E-state index contributed by atoms with van der Waals surface area (Å²) >= 11 is 0. The molecule has 8 nitrogen and oxygen atoms in total. The molecule has 0 spiro atoms. The third-order valence-corrected chi connectivity index (χ3v) is 5.96. The highest BCUT2D eigenvalue weighted by molar-refractivity contribution is 5.88. The first kappa shape index (κ1) is 26.8. The number of fused-ring (bicyclic) bond motifs is 1. The van der Waals surface area contributed by atoms with Crippen molar-refractivity contribution in [3.05, 3.63) is 83.9 Å². The summed E-state index contributed by atoms with van der Waals surface area (Å²) in [6.45, 7) is 2.12. The number of nitrogens with two attached hydrogens (primary N) is 1. The van der Waals surface area contributed by atoms with Crippen LogP contribution in [0.25, 0.3) is 10.8 Å². The Morgan fingerprint density at radius 3 is 2.33 bits per heavy atom. The Morgan fingerprint density at radius 1 is 0.944 bits per heavy atom. The van der Waals surface area contributed by atoms with E-state index in [-0.39, 0.29) is 44.3 Å². The Labute approximate surface area is 211 Å². The van der Waals surface area contributed by atoms with Gasteiger partial charge in [-0.1, -0.05) is 72.8 Å². The Balaban J connectivity index is 1.66. The topological polar surface area (TPSA) is 125 Å². The van der Waals surface area contributed by atoms with Crippen LogP contribution < -0.4 is 16.4 Å². The van der Waals surface area contributed by atoms with Crippen LogP contribution in [0.3, 0.4) is 0 Å². The third kappa shape index (κ3) is 8.18. The van der Waals surface area contributed by atoms with Crippen molar-refractivity contribution in [1.82, 2.24) is 15.5 Å². The van der Waals surface area contributed by atoms with E-state index in [1.165, 1.54) is 6.92 Å². The number of aliphatic hydroxyl groups excluding tert-OH is 1. The number of carbonyl (C=O) groups is 3. The summed E-state index contributed by atoms with van der Waals surface area (Å²) in [7, 11) is 0. The fraction of sp³-hybridized carbons (Fsp3) is 0.321. The molecule has 0 radical (unpaired) electrons. The van der Waals surface area contributed by atoms with Crippen molar-refractivity contribution in [2.45, 2.75) is 38.5 Å². The van der Waals surface area contributed by atoms with Gasteiger partial charge in [-0.25, -0.2) is 0 Å². The molecular formula is C28H34N4O4. The van der Waals surface area contributed by atoms with Gasteiger partial charge in [-0.05, 0) is 21.9 Å². The van der Waals surface area contributed by atoms with E-state index < -0.39 is 18.1 Å². The lowest BCUT2D eigenvalue weighted by Crippen LogP contribution is -2.50. The van der Waals surface area contributed by atoms with Gasteiger partial charge in [0, 0.05) is 45.9 Å². The molecule has 3 aromatic carbocycles. The highest BCUT2D eigenvalue weighted by Crippen LogP contribution is 2.17. The fourth-order valence-electron chi connectivity index (χ4n) is 3.89. The second kappa shape index (κ2) is 13.4. The van der Waals surface area contributed by atoms with Crippen LogP contribution in [0.15, 0.2) is 72.8 Å². The first-order valence-corrected chi connectivity index (χ1v) is 12.1. The molecule has 190 valence electrons. The largest absolute Gasteiger partial charge is 0.390 e. The summed E-state index contributed by atoms with van der Waals surface area (Å²) in [4.78, 5) is 39.5. The summed E-state index contributed by atoms with van der Waals surface area (Å²) in [5.41, 5.74) is 7.30. The van der Waals surface area contributed by atoms with E-state index in [4.69, 9.17) is 5.73 Å². The van der Waals surface area contributed by atoms with Crippen molar-refractivity contribution >= 4 is 28.5 Å². The Kier molecular flexibility index (Phi) is 9.97. The minimum absolute atomic E-state index is 0.00534. The van der Waals surface area contributed by atoms with Gasteiger partial charge in [0.2, 0.25) is 17.7 Å². The minimum Gasteiger partial charge on any atom is -0.390 e. The quantitative estimate of drug-likeness (QED) is 0.308. The molecule has 0 aliphatic rings. The van der Waals surface area contributed by atoms with E-state index in [1.807, 2.05) is 72.8 Å². The number of benzene rings is 3. The number of aliphatic hydroxyl groups is 1. The van der Waals surface area contributed by atoms with Crippen LogP contribution in [0.5, 0.6) is 0 Å². The lowest BCUT2D eigenvalue weighted by molar-refractivity contribution is -0.132. The van der Waals surface area contributed by atoms with E-state index >= 15 is 0 Å². The van der Waals surface area contributed by atoms with Crippen molar-refractivity contribution in [3.63, 3.8) is 0 Å². The highest BCUT2D eigenvalue weighted by atomic mass is 16.3. The predicted molar refractivity (Wildman–Crippen MR) is 140 cm³/mol. The molecule has 3 rings (SSSR count). The Morgan fingerprint density at radius 2 is 1.64 bits per heavy atom. The van der Waals surface area contributed by atoms with Crippen LogP contribution >= 0.6 is 0 Å². The number of carbonyl (C=O) groups excluding carboxylic acids is 3. The molecule has 0 fully saturated rings. The summed E-state index contributed by atoms with van der Waals surface area (Å²) < 4.78 is 0. The van der Waals surface area contributed by atoms with Gasteiger partial charge in [0.15, 0.2) is 0 Å². The van der Waals surface area contributed by atoms with Crippen molar-refractivity contribution in [2.75, 3.05) is 19.6 Å². The van der Waals surface area contributed by atoms with E-state index in [1.54, 1.807) is 4.90 Å². The molecule has 5 N–H and O–H groups in total. The first-order valence-electron chi connectivity index (χ1n) is 12.1. The van der Waals surface area contributed by atoms with Crippen molar-refractivity contribution in [2.24, 2.45) is 5.73 Å². The standard InChI is InChI=1S/C28H34N4O4/c1-20(33)32(19-21-7-3-2-4-8-21)14-13-27(35)31-26(28(36)30-18-25(34)17-29)16-22-11-12-23-9-5-6-10-24(23)15-22/h2-12,15,25-26,34H,13-14,16-19,29H2,1H3,(H,30,36)(H,31,35)/t25?,26-/m1/s1. The van der Waals surface area contributed by atoms with Gasteiger partial charge in [0.1, 0.15) is 6.04 Å². The van der Waals surface area contributed by atoms with Gasteiger partial charge in [-0.2, -0.15) is 0 Å². The number of hydrogen-bond acceptors (Lipinski definition) is 5. The second-order valence-corrected chi connectivity index (χ2v) is 8.82. The second-order valence-electron chi connectivity index (χ2n) is 8.82. The smallest absolute Gasteiger partial charge is 0.243 e. The third-order valence-electron chi connectivity index (χ3n) is 5.96. The molecule has 0 aliphatic carbocycles. The molecule has 1 unspecified atom stereocenters. The minimum atomic E-state index is -0.868. The van der Waals surface area contributed by atoms with Gasteiger partial charge in [0.25, 0.3) is 0 Å². The monoisotopic (exact) mass is 490 g/mol. The molecule has 0 aromatic heterocycles. The maximum atomic E-state index is 12.9. The highest BCUT2D eigenvalue weighted by Gasteiger charge is 2.22. The first-order chi connectivity index (χ1) is 17.4. The zero-order valence-corrected chi connectivity index (χ0v) is 20.5. The normalized spacial score (nSPS) is 12.5. The summed E-state index contributed by atoms with van der Waals surface area (Å²) in [6.07, 6.45) is -0.533. The predicted octanol–water partition coefficient (Wildman–Crippen LogP) is 1.74. The average molecular weight is 491 g/mol. The van der Waals surface area contributed by atoms with Crippen molar-refractivity contribution in [1.29, 1.82) is 0 Å². The molecule has 0 saturated carbocycles. The van der Waals surface area contributed by atoms with Gasteiger partial charge in [-0.15, -0.1) is 0 Å². The molecule has 36 heavy (non-hydrogen) atoms. The molecule has 0 heterocycles. The van der Waals surface area contributed by atoms with Gasteiger partial charge >= 0.3 is 0 Å². The van der Waals surface area contributed by atoms with Crippen molar-refractivity contribution < 1.29 is 19.5 Å². The maximum absolute atomic E-state index is 12.9. The van der Waals surface area contributed by atoms with Crippen LogP contribution in [0, 0.1) is 0 Å². The molecule has 3 aromatic rings. The van der Waals surface area contributed by atoms with Crippen molar-refractivity contribution in [3.8, 4) is 0 Å². The number of hydrogen-bond donors (Lipinski definition) is 4.